The van der Waals surface area contributed by atoms with Gasteiger partial charge in [-0.25, -0.2) is 0 Å². The normalized spacial score (nSPS) is 37.4. The van der Waals surface area contributed by atoms with Gasteiger partial charge in [0.05, 0.1) is 0 Å². The van der Waals surface area contributed by atoms with Crippen LogP contribution in [-0.4, -0.2) is 11.9 Å². The van der Waals surface area contributed by atoms with Gasteiger partial charge in [0.2, 0.25) is 5.91 Å². The molecule has 0 saturated heterocycles. The maximum Gasteiger partial charge on any atom is 0.217 e. The molecule has 0 aliphatic heterocycles. The Bertz CT molecular complexity index is 212. The van der Waals surface area contributed by atoms with Crippen molar-refractivity contribution in [3.05, 3.63) is 0 Å². The molecular formula is C12H21NO. The molecule has 0 aromatic heterocycles. The summed E-state index contributed by atoms with van der Waals surface area (Å²) in [6, 6.07) is 0.492. The predicted molar refractivity (Wildman–Crippen MR) is 56.9 cm³/mol. The zero-order valence-electron chi connectivity index (χ0n) is 9.09. The van der Waals surface area contributed by atoms with Crippen LogP contribution in [0, 0.1) is 11.8 Å². The average molecular weight is 195 g/mol. The van der Waals surface area contributed by atoms with Crippen LogP contribution in [0.3, 0.4) is 0 Å². The summed E-state index contributed by atoms with van der Waals surface area (Å²) in [5, 5.41) is 3.14. The molecule has 2 nitrogen and oxygen atoms in total. The molecule has 0 aromatic rings. The van der Waals surface area contributed by atoms with Crippen LogP contribution in [0.25, 0.3) is 0 Å². The lowest BCUT2D eigenvalue weighted by Crippen LogP contribution is -2.45. The third kappa shape index (κ3) is 2.10. The summed E-state index contributed by atoms with van der Waals surface area (Å²) in [6.07, 6.45) is 9.45. The van der Waals surface area contributed by atoms with Gasteiger partial charge in [-0.15, -0.1) is 0 Å². The van der Waals surface area contributed by atoms with E-state index in [1.165, 1.54) is 44.9 Å². The highest BCUT2D eigenvalue weighted by atomic mass is 16.1. The molecule has 1 amide bonds. The molecule has 3 atom stereocenters. The first kappa shape index (κ1) is 10.0. The van der Waals surface area contributed by atoms with Crippen molar-refractivity contribution in [3.8, 4) is 0 Å². The van der Waals surface area contributed by atoms with Crippen molar-refractivity contribution >= 4 is 5.91 Å². The summed E-state index contributed by atoms with van der Waals surface area (Å²) in [5.41, 5.74) is 0. The smallest absolute Gasteiger partial charge is 0.217 e. The van der Waals surface area contributed by atoms with Crippen molar-refractivity contribution in [3.63, 3.8) is 0 Å². The Morgan fingerprint density at radius 1 is 1.07 bits per heavy atom. The van der Waals surface area contributed by atoms with Crippen LogP contribution < -0.4 is 5.32 Å². The number of hydrogen-bond donors (Lipinski definition) is 1. The van der Waals surface area contributed by atoms with E-state index in [9.17, 15) is 4.79 Å². The molecule has 0 bridgehead atoms. The zero-order chi connectivity index (χ0) is 9.97. The van der Waals surface area contributed by atoms with Crippen LogP contribution in [0.15, 0.2) is 0 Å². The topological polar surface area (TPSA) is 29.1 Å². The fraction of sp³-hybridized carbons (Fsp3) is 0.917. The Balaban J connectivity index is 1.97. The standard InChI is InChI=1S/C12H21NO/c1-9(14)13-12-8-4-6-10-5-2-3-7-11(10)12/h10-12H,2-8H2,1H3,(H,13,14)/t10-,11+,12+/m1/s1. The first-order valence-electron chi connectivity index (χ1n) is 6.04. The molecule has 2 aliphatic carbocycles. The van der Waals surface area contributed by atoms with Gasteiger partial charge in [0.1, 0.15) is 0 Å². The number of fused-ring (bicyclic) bond motifs is 1. The average Bonchev–Trinajstić information content (AvgIpc) is 2.18. The Morgan fingerprint density at radius 3 is 2.57 bits per heavy atom. The Kier molecular flexibility index (Phi) is 3.09. The highest BCUT2D eigenvalue weighted by molar-refractivity contribution is 5.73. The van der Waals surface area contributed by atoms with Crippen LogP contribution in [0.2, 0.25) is 0 Å². The first-order valence-corrected chi connectivity index (χ1v) is 6.04. The fourth-order valence-electron chi connectivity index (χ4n) is 3.38. The predicted octanol–water partition coefficient (Wildman–Crippen LogP) is 2.48. The van der Waals surface area contributed by atoms with E-state index in [2.05, 4.69) is 5.32 Å². The van der Waals surface area contributed by atoms with Gasteiger partial charge in [0.15, 0.2) is 0 Å². The maximum absolute atomic E-state index is 11.1. The van der Waals surface area contributed by atoms with E-state index >= 15 is 0 Å². The summed E-state index contributed by atoms with van der Waals surface area (Å²) >= 11 is 0. The van der Waals surface area contributed by atoms with Crippen molar-refractivity contribution < 1.29 is 4.79 Å². The minimum atomic E-state index is 0.154. The lowest BCUT2D eigenvalue weighted by molar-refractivity contribution is -0.120. The quantitative estimate of drug-likeness (QED) is 0.684. The largest absolute Gasteiger partial charge is 0.353 e. The molecule has 2 rings (SSSR count). The van der Waals surface area contributed by atoms with Crippen LogP contribution in [0.4, 0.5) is 0 Å². The number of amides is 1. The number of nitrogens with one attached hydrogen (secondary N) is 1. The van der Waals surface area contributed by atoms with Crippen LogP contribution in [0.1, 0.15) is 51.9 Å². The second-order valence-corrected chi connectivity index (χ2v) is 4.95. The summed E-state index contributed by atoms with van der Waals surface area (Å²) in [7, 11) is 0. The molecule has 0 spiro atoms. The highest BCUT2D eigenvalue weighted by Gasteiger charge is 2.34. The molecule has 0 heterocycles. The summed E-state index contributed by atoms with van der Waals surface area (Å²) in [5.74, 6) is 1.86. The number of carbonyl (C=O) groups excluding carboxylic acids is 1. The van der Waals surface area contributed by atoms with Crippen LogP contribution >= 0.6 is 0 Å². The fourth-order valence-corrected chi connectivity index (χ4v) is 3.38. The van der Waals surface area contributed by atoms with Gasteiger partial charge in [-0.3, -0.25) is 4.79 Å². The molecule has 0 aromatic carbocycles. The van der Waals surface area contributed by atoms with E-state index in [0.717, 1.165) is 11.8 Å². The van der Waals surface area contributed by atoms with Gasteiger partial charge in [0.25, 0.3) is 0 Å². The van der Waals surface area contributed by atoms with E-state index in [0.29, 0.717) is 6.04 Å². The van der Waals surface area contributed by atoms with E-state index < -0.39 is 0 Å². The maximum atomic E-state index is 11.1. The van der Waals surface area contributed by atoms with E-state index in [1.807, 2.05) is 0 Å². The second kappa shape index (κ2) is 4.33. The van der Waals surface area contributed by atoms with Gasteiger partial charge >= 0.3 is 0 Å². The molecule has 2 heteroatoms. The van der Waals surface area contributed by atoms with Crippen LogP contribution in [-0.2, 0) is 4.79 Å². The van der Waals surface area contributed by atoms with Crippen LogP contribution in [0.5, 0.6) is 0 Å². The lowest BCUT2D eigenvalue weighted by atomic mass is 9.68. The Hall–Kier alpha value is -0.530. The molecule has 0 unspecified atom stereocenters. The monoisotopic (exact) mass is 195 g/mol. The Labute approximate surface area is 86.5 Å². The summed E-state index contributed by atoms with van der Waals surface area (Å²) < 4.78 is 0. The number of rotatable bonds is 1. The molecular weight excluding hydrogens is 174 g/mol. The van der Waals surface area contributed by atoms with Crippen molar-refractivity contribution in [1.29, 1.82) is 0 Å². The highest BCUT2D eigenvalue weighted by Crippen LogP contribution is 2.40. The molecule has 1 N–H and O–H groups in total. The van der Waals surface area contributed by atoms with Gasteiger partial charge in [-0.2, -0.15) is 0 Å². The summed E-state index contributed by atoms with van der Waals surface area (Å²) in [6.45, 7) is 1.65. The molecule has 14 heavy (non-hydrogen) atoms. The summed E-state index contributed by atoms with van der Waals surface area (Å²) in [4.78, 5) is 11.1. The van der Waals surface area contributed by atoms with Gasteiger partial charge in [-0.1, -0.05) is 32.1 Å². The lowest BCUT2D eigenvalue weighted by Gasteiger charge is -2.41. The zero-order valence-corrected chi connectivity index (χ0v) is 9.09. The van der Waals surface area contributed by atoms with Crippen molar-refractivity contribution in [2.45, 2.75) is 57.9 Å². The van der Waals surface area contributed by atoms with Gasteiger partial charge in [-0.05, 0) is 24.7 Å². The van der Waals surface area contributed by atoms with E-state index in [-0.39, 0.29) is 5.91 Å². The second-order valence-electron chi connectivity index (χ2n) is 4.95. The minimum absolute atomic E-state index is 0.154. The number of hydrogen-bond acceptors (Lipinski definition) is 1. The molecule has 2 fully saturated rings. The SMILES string of the molecule is CC(=O)N[C@H]1CCC[C@H]2CCCC[C@@H]21. The third-order valence-electron chi connectivity index (χ3n) is 3.96. The molecule has 2 saturated carbocycles. The van der Waals surface area contributed by atoms with E-state index in [4.69, 9.17) is 0 Å². The molecule has 2 aliphatic rings. The minimum Gasteiger partial charge on any atom is -0.353 e. The Morgan fingerprint density at radius 2 is 1.79 bits per heavy atom. The van der Waals surface area contributed by atoms with E-state index in [1.54, 1.807) is 6.92 Å². The first-order chi connectivity index (χ1) is 6.77. The van der Waals surface area contributed by atoms with Gasteiger partial charge < -0.3 is 5.32 Å². The molecule has 80 valence electrons. The molecule has 0 radical (unpaired) electrons. The van der Waals surface area contributed by atoms with Crippen molar-refractivity contribution in [1.82, 2.24) is 5.32 Å². The van der Waals surface area contributed by atoms with Crippen molar-refractivity contribution in [2.75, 3.05) is 0 Å². The van der Waals surface area contributed by atoms with Crippen molar-refractivity contribution in [2.24, 2.45) is 11.8 Å². The van der Waals surface area contributed by atoms with Gasteiger partial charge in [0, 0.05) is 13.0 Å². The third-order valence-corrected chi connectivity index (χ3v) is 3.96. The number of carbonyl (C=O) groups is 1.